The van der Waals surface area contributed by atoms with Crippen LogP contribution in [0.4, 0.5) is 8.78 Å². The first kappa shape index (κ1) is 15.9. The number of carbonyl (C=O) groups excluding carboxylic acids is 4. The molecule has 8 heteroatoms. The zero-order valence-electron chi connectivity index (χ0n) is 12.7. The maximum atomic E-state index is 13.9. The second-order valence-electron chi connectivity index (χ2n) is 6.41. The van der Waals surface area contributed by atoms with Gasteiger partial charge in [-0.3, -0.25) is 19.2 Å². The number of esters is 4. The Morgan fingerprint density at radius 3 is 2.16 bits per heavy atom. The van der Waals surface area contributed by atoms with Gasteiger partial charge in [0.05, 0.1) is 24.2 Å². The number of carbonyl (C=O) groups is 4. The number of hydrogen-bond donors (Lipinski definition) is 0. The maximum Gasteiger partial charge on any atom is 0.321 e. The van der Waals surface area contributed by atoms with Gasteiger partial charge in [0, 0.05) is 11.8 Å². The Morgan fingerprint density at radius 2 is 1.56 bits per heavy atom. The summed E-state index contributed by atoms with van der Waals surface area (Å²) < 4.78 is 37.0. The average molecular weight is 350 g/mol. The molecule has 25 heavy (non-hydrogen) atoms. The molecular formula is C17H12F2O6. The molecule has 2 aliphatic heterocycles. The van der Waals surface area contributed by atoms with Crippen LogP contribution in [0.15, 0.2) is 24.3 Å². The molecule has 1 aromatic carbocycles. The zero-order chi connectivity index (χ0) is 17.9. The van der Waals surface area contributed by atoms with Gasteiger partial charge in [0.15, 0.2) is 0 Å². The summed E-state index contributed by atoms with van der Waals surface area (Å²) in [6.45, 7) is 0. The highest BCUT2D eigenvalue weighted by Crippen LogP contribution is 2.55. The van der Waals surface area contributed by atoms with Crippen molar-refractivity contribution in [2.45, 2.75) is 24.7 Å². The van der Waals surface area contributed by atoms with E-state index in [1.807, 2.05) is 0 Å². The number of halogens is 2. The average Bonchev–Trinajstić information content (AvgIpc) is 3.04. The molecule has 0 N–H and O–H groups in total. The summed E-state index contributed by atoms with van der Waals surface area (Å²) in [4.78, 5) is 47.6. The number of hydrogen-bond acceptors (Lipinski definition) is 6. The van der Waals surface area contributed by atoms with Crippen molar-refractivity contribution < 1.29 is 37.4 Å². The molecule has 2 heterocycles. The van der Waals surface area contributed by atoms with E-state index in [4.69, 9.17) is 0 Å². The SMILES string of the molecule is O=C1CC(C2c3ccccc3C3C(=O)OC(=O)C3C2C(F)F)C(=O)O1. The van der Waals surface area contributed by atoms with Gasteiger partial charge in [-0.15, -0.1) is 0 Å². The first-order valence-corrected chi connectivity index (χ1v) is 7.77. The van der Waals surface area contributed by atoms with E-state index in [9.17, 15) is 28.0 Å². The Kier molecular flexibility index (Phi) is 3.45. The highest BCUT2D eigenvalue weighted by molar-refractivity contribution is 6.01. The fourth-order valence-electron chi connectivity index (χ4n) is 4.31. The molecule has 2 saturated heterocycles. The van der Waals surface area contributed by atoms with Gasteiger partial charge in [-0.1, -0.05) is 24.3 Å². The van der Waals surface area contributed by atoms with Gasteiger partial charge < -0.3 is 9.47 Å². The highest BCUT2D eigenvalue weighted by Gasteiger charge is 2.61. The summed E-state index contributed by atoms with van der Waals surface area (Å²) in [6.07, 6.45) is -3.31. The lowest BCUT2D eigenvalue weighted by molar-refractivity contribution is -0.157. The van der Waals surface area contributed by atoms with Crippen LogP contribution in [-0.4, -0.2) is 30.3 Å². The van der Waals surface area contributed by atoms with E-state index >= 15 is 0 Å². The lowest BCUT2D eigenvalue weighted by atomic mass is 9.61. The van der Waals surface area contributed by atoms with Crippen LogP contribution in [0.1, 0.15) is 29.4 Å². The van der Waals surface area contributed by atoms with Crippen molar-refractivity contribution in [3.8, 4) is 0 Å². The summed E-state index contributed by atoms with van der Waals surface area (Å²) in [5.74, 6) is -9.87. The molecule has 5 unspecified atom stereocenters. The van der Waals surface area contributed by atoms with Crippen LogP contribution < -0.4 is 0 Å². The minimum absolute atomic E-state index is 0.332. The van der Waals surface area contributed by atoms with E-state index in [-0.39, 0.29) is 6.42 Å². The third-order valence-electron chi connectivity index (χ3n) is 5.23. The van der Waals surface area contributed by atoms with Crippen molar-refractivity contribution in [3.63, 3.8) is 0 Å². The molecule has 1 aliphatic carbocycles. The number of rotatable bonds is 2. The zero-order valence-corrected chi connectivity index (χ0v) is 12.7. The molecule has 0 spiro atoms. The van der Waals surface area contributed by atoms with Crippen LogP contribution in [-0.2, 0) is 28.7 Å². The van der Waals surface area contributed by atoms with Gasteiger partial charge in [0.25, 0.3) is 0 Å². The summed E-state index contributed by atoms with van der Waals surface area (Å²) in [5.41, 5.74) is 0.745. The van der Waals surface area contributed by atoms with Gasteiger partial charge in [0.2, 0.25) is 6.43 Å². The predicted molar refractivity (Wildman–Crippen MR) is 75.2 cm³/mol. The molecular weight excluding hydrogens is 338 g/mol. The van der Waals surface area contributed by atoms with Gasteiger partial charge >= 0.3 is 23.9 Å². The van der Waals surface area contributed by atoms with E-state index in [0.717, 1.165) is 0 Å². The van der Waals surface area contributed by atoms with Crippen LogP contribution in [0.3, 0.4) is 0 Å². The smallest absolute Gasteiger partial charge is 0.321 e. The molecule has 0 bridgehead atoms. The van der Waals surface area contributed by atoms with Crippen LogP contribution in [0.5, 0.6) is 0 Å². The predicted octanol–water partition coefficient (Wildman–Crippen LogP) is 1.54. The number of fused-ring (bicyclic) bond motifs is 3. The Morgan fingerprint density at radius 1 is 0.880 bits per heavy atom. The van der Waals surface area contributed by atoms with Gasteiger partial charge in [-0.2, -0.15) is 0 Å². The largest absolute Gasteiger partial charge is 0.393 e. The Hall–Kier alpha value is -2.64. The van der Waals surface area contributed by atoms with Crippen molar-refractivity contribution in [3.05, 3.63) is 35.4 Å². The molecule has 1 aromatic rings. The quantitative estimate of drug-likeness (QED) is 0.594. The molecule has 0 saturated carbocycles. The lowest BCUT2D eigenvalue weighted by Gasteiger charge is -2.39. The number of alkyl halides is 2. The van der Waals surface area contributed by atoms with Crippen LogP contribution in [0.25, 0.3) is 0 Å². The molecule has 130 valence electrons. The van der Waals surface area contributed by atoms with Gasteiger partial charge in [-0.05, 0) is 11.1 Å². The summed E-state index contributed by atoms with van der Waals surface area (Å²) in [6, 6.07) is 6.31. The minimum atomic E-state index is -2.98. The van der Waals surface area contributed by atoms with Crippen LogP contribution >= 0.6 is 0 Å². The molecule has 0 aromatic heterocycles. The van der Waals surface area contributed by atoms with E-state index < -0.39 is 59.9 Å². The first-order chi connectivity index (χ1) is 11.9. The van der Waals surface area contributed by atoms with E-state index in [1.54, 1.807) is 18.2 Å². The standard InChI is InChI=1S/C17H12F2O6/c18-14(19)12-10(8-5-9(20)24-15(8)21)6-3-1-2-4-7(6)11-13(12)17(23)25-16(11)22/h1-4,8,10-14H,5H2. The Bertz CT molecular complexity index is 804. The van der Waals surface area contributed by atoms with E-state index in [0.29, 0.717) is 11.1 Å². The lowest BCUT2D eigenvalue weighted by Crippen LogP contribution is -2.42. The maximum absolute atomic E-state index is 13.9. The Labute approximate surface area is 140 Å². The van der Waals surface area contributed by atoms with Crippen LogP contribution in [0.2, 0.25) is 0 Å². The minimum Gasteiger partial charge on any atom is -0.393 e. The Balaban J connectivity index is 1.92. The summed E-state index contributed by atoms with van der Waals surface area (Å²) >= 11 is 0. The van der Waals surface area contributed by atoms with Crippen molar-refractivity contribution in [1.82, 2.24) is 0 Å². The molecule has 5 atom stereocenters. The molecule has 6 nitrogen and oxygen atoms in total. The monoisotopic (exact) mass is 350 g/mol. The topological polar surface area (TPSA) is 86.7 Å². The van der Waals surface area contributed by atoms with Crippen molar-refractivity contribution in [1.29, 1.82) is 0 Å². The highest BCUT2D eigenvalue weighted by atomic mass is 19.3. The number of benzene rings is 1. The van der Waals surface area contributed by atoms with E-state index in [1.165, 1.54) is 6.07 Å². The molecule has 4 rings (SSSR count). The molecule has 2 fully saturated rings. The van der Waals surface area contributed by atoms with E-state index in [2.05, 4.69) is 9.47 Å². The first-order valence-electron chi connectivity index (χ1n) is 7.77. The van der Waals surface area contributed by atoms with Crippen molar-refractivity contribution >= 4 is 23.9 Å². The molecule has 0 radical (unpaired) electrons. The number of cyclic esters (lactones) is 4. The second kappa shape index (κ2) is 5.44. The second-order valence-corrected chi connectivity index (χ2v) is 6.41. The molecule has 0 amide bonds. The third kappa shape index (κ3) is 2.20. The third-order valence-corrected chi connectivity index (χ3v) is 5.23. The summed E-state index contributed by atoms with van der Waals surface area (Å²) in [7, 11) is 0. The van der Waals surface area contributed by atoms with Gasteiger partial charge in [0.1, 0.15) is 0 Å². The van der Waals surface area contributed by atoms with Crippen molar-refractivity contribution in [2.75, 3.05) is 0 Å². The van der Waals surface area contributed by atoms with Gasteiger partial charge in [-0.25, -0.2) is 8.78 Å². The van der Waals surface area contributed by atoms with Crippen molar-refractivity contribution in [2.24, 2.45) is 17.8 Å². The number of ether oxygens (including phenoxy) is 2. The normalized spacial score (nSPS) is 34.0. The molecule has 3 aliphatic rings. The van der Waals surface area contributed by atoms with Crippen LogP contribution in [0, 0.1) is 17.8 Å². The fraction of sp³-hybridized carbons (Fsp3) is 0.412. The summed E-state index contributed by atoms with van der Waals surface area (Å²) in [5, 5.41) is 0. The fourth-order valence-corrected chi connectivity index (χ4v) is 4.31.